The van der Waals surface area contributed by atoms with Gasteiger partial charge in [-0.25, -0.2) is 0 Å². The Morgan fingerprint density at radius 2 is 1.90 bits per heavy atom. The molecule has 1 aromatic heterocycles. The molecule has 20 heavy (non-hydrogen) atoms. The number of ether oxygens (including phenoxy) is 2. The number of thiophene rings is 1. The summed E-state index contributed by atoms with van der Waals surface area (Å²) in [7, 11) is 0. The lowest BCUT2D eigenvalue weighted by Crippen LogP contribution is -2.12. The van der Waals surface area contributed by atoms with Crippen molar-refractivity contribution in [3.8, 4) is 11.5 Å². The zero-order chi connectivity index (χ0) is 14.1. The molecule has 0 N–H and O–H groups in total. The van der Waals surface area contributed by atoms with E-state index in [-0.39, 0.29) is 4.83 Å². The average Bonchev–Trinajstić information content (AvgIpc) is 2.80. The van der Waals surface area contributed by atoms with Gasteiger partial charge in [0.05, 0.1) is 21.8 Å². The van der Waals surface area contributed by atoms with Gasteiger partial charge in [-0.3, -0.25) is 0 Å². The molecule has 2 atom stereocenters. The van der Waals surface area contributed by atoms with Crippen LogP contribution in [0.5, 0.6) is 11.5 Å². The number of halogens is 2. The van der Waals surface area contributed by atoms with Crippen molar-refractivity contribution >= 4 is 43.2 Å². The summed E-state index contributed by atoms with van der Waals surface area (Å²) < 4.78 is 12.7. The van der Waals surface area contributed by atoms with Crippen LogP contribution in [-0.4, -0.2) is 13.2 Å². The van der Waals surface area contributed by atoms with Crippen molar-refractivity contribution in [2.45, 2.75) is 11.8 Å². The Morgan fingerprint density at radius 3 is 2.60 bits per heavy atom. The Bertz CT molecular complexity index is 612. The quantitative estimate of drug-likeness (QED) is 0.608. The SMILES string of the molecule is CC1COc2ccc(C(Br)c3ccc(Br)s3)cc2OC1. The second-order valence-electron chi connectivity index (χ2n) is 4.94. The molecule has 2 heterocycles. The maximum absolute atomic E-state index is 5.84. The first-order valence-corrected chi connectivity index (χ1v) is 8.95. The van der Waals surface area contributed by atoms with Gasteiger partial charge in [-0.05, 0) is 45.8 Å². The molecule has 0 bridgehead atoms. The maximum Gasteiger partial charge on any atom is 0.161 e. The smallest absolute Gasteiger partial charge is 0.161 e. The zero-order valence-electron chi connectivity index (χ0n) is 10.9. The monoisotopic (exact) mass is 416 g/mol. The first-order valence-electron chi connectivity index (χ1n) is 6.42. The summed E-state index contributed by atoms with van der Waals surface area (Å²) in [6.45, 7) is 3.54. The van der Waals surface area contributed by atoms with E-state index in [2.05, 4.69) is 63.0 Å². The van der Waals surface area contributed by atoms with Crippen molar-refractivity contribution in [2.24, 2.45) is 5.92 Å². The average molecular weight is 418 g/mol. The van der Waals surface area contributed by atoms with Crippen molar-refractivity contribution in [1.29, 1.82) is 0 Å². The summed E-state index contributed by atoms with van der Waals surface area (Å²) in [4.78, 5) is 1.44. The number of benzene rings is 1. The van der Waals surface area contributed by atoms with Gasteiger partial charge < -0.3 is 9.47 Å². The molecule has 0 fully saturated rings. The molecular formula is C15H14Br2O2S. The lowest BCUT2D eigenvalue weighted by Gasteiger charge is -2.12. The minimum Gasteiger partial charge on any atom is -0.489 e. The summed E-state index contributed by atoms with van der Waals surface area (Å²) in [5.41, 5.74) is 1.18. The molecule has 0 aliphatic carbocycles. The van der Waals surface area contributed by atoms with Crippen LogP contribution in [0.3, 0.4) is 0 Å². The number of hydrogen-bond donors (Lipinski definition) is 0. The minimum absolute atomic E-state index is 0.174. The van der Waals surface area contributed by atoms with E-state index in [9.17, 15) is 0 Å². The summed E-state index contributed by atoms with van der Waals surface area (Å²) in [6.07, 6.45) is 0. The van der Waals surface area contributed by atoms with Gasteiger partial charge in [-0.1, -0.05) is 28.9 Å². The Balaban J connectivity index is 1.88. The molecule has 0 amide bonds. The minimum atomic E-state index is 0.174. The molecule has 2 aromatic rings. The topological polar surface area (TPSA) is 18.5 Å². The Hall–Kier alpha value is -0.520. The predicted octanol–water partition coefficient (Wildman–Crippen LogP) is 5.40. The summed E-state index contributed by atoms with van der Waals surface area (Å²) >= 11 is 8.99. The van der Waals surface area contributed by atoms with Crippen LogP contribution in [0, 0.1) is 5.92 Å². The number of fused-ring (bicyclic) bond motifs is 1. The van der Waals surface area contributed by atoms with Gasteiger partial charge in [0.15, 0.2) is 11.5 Å². The van der Waals surface area contributed by atoms with Crippen LogP contribution in [0.2, 0.25) is 0 Å². The highest BCUT2D eigenvalue weighted by Crippen LogP contribution is 2.40. The van der Waals surface area contributed by atoms with Gasteiger partial charge >= 0.3 is 0 Å². The summed E-state index contributed by atoms with van der Waals surface area (Å²) in [5, 5.41) is 0. The molecule has 0 radical (unpaired) electrons. The van der Waals surface area contributed by atoms with Crippen molar-refractivity contribution in [1.82, 2.24) is 0 Å². The van der Waals surface area contributed by atoms with E-state index in [1.54, 1.807) is 11.3 Å². The van der Waals surface area contributed by atoms with Gasteiger partial charge in [-0.2, -0.15) is 0 Å². The van der Waals surface area contributed by atoms with Crippen molar-refractivity contribution < 1.29 is 9.47 Å². The highest BCUT2D eigenvalue weighted by molar-refractivity contribution is 9.11. The third-order valence-corrected chi connectivity index (χ3v) is 6.16. The number of hydrogen-bond acceptors (Lipinski definition) is 3. The largest absolute Gasteiger partial charge is 0.489 e. The van der Waals surface area contributed by atoms with Gasteiger partial charge in [-0.15, -0.1) is 11.3 Å². The van der Waals surface area contributed by atoms with E-state index in [0.717, 1.165) is 15.3 Å². The van der Waals surface area contributed by atoms with E-state index in [0.29, 0.717) is 19.1 Å². The molecule has 0 spiro atoms. The van der Waals surface area contributed by atoms with E-state index < -0.39 is 0 Å². The molecule has 1 aromatic carbocycles. The van der Waals surface area contributed by atoms with Gasteiger partial charge in [0.1, 0.15) is 0 Å². The first kappa shape index (κ1) is 14.4. The Morgan fingerprint density at radius 1 is 1.15 bits per heavy atom. The van der Waals surface area contributed by atoms with Gasteiger partial charge in [0, 0.05) is 10.8 Å². The highest BCUT2D eigenvalue weighted by atomic mass is 79.9. The molecule has 0 saturated carbocycles. The molecule has 3 rings (SSSR count). The fourth-order valence-electron chi connectivity index (χ4n) is 2.06. The standard InChI is InChI=1S/C15H14Br2O2S/c1-9-7-18-11-3-2-10(6-12(11)19-8-9)15(17)13-4-5-14(16)20-13/h2-6,9,15H,7-8H2,1H3. The van der Waals surface area contributed by atoms with Crippen LogP contribution in [0.15, 0.2) is 34.1 Å². The molecule has 106 valence electrons. The molecule has 0 saturated heterocycles. The molecular weight excluding hydrogens is 404 g/mol. The van der Waals surface area contributed by atoms with Crippen molar-refractivity contribution in [3.05, 3.63) is 44.6 Å². The lowest BCUT2D eigenvalue weighted by atomic mass is 10.1. The molecule has 1 aliphatic rings. The van der Waals surface area contributed by atoms with Gasteiger partial charge in [0.25, 0.3) is 0 Å². The van der Waals surface area contributed by atoms with Crippen molar-refractivity contribution in [2.75, 3.05) is 13.2 Å². The fourth-order valence-corrected chi connectivity index (χ4v) is 4.20. The lowest BCUT2D eigenvalue weighted by molar-refractivity contribution is 0.228. The van der Waals surface area contributed by atoms with Crippen LogP contribution >= 0.6 is 43.2 Å². The summed E-state index contributed by atoms with van der Waals surface area (Å²) in [5.74, 6) is 2.09. The molecule has 2 unspecified atom stereocenters. The second-order valence-corrected chi connectivity index (χ2v) is 8.35. The van der Waals surface area contributed by atoms with Gasteiger partial charge in [0.2, 0.25) is 0 Å². The van der Waals surface area contributed by atoms with Crippen LogP contribution in [0.25, 0.3) is 0 Å². The van der Waals surface area contributed by atoms with E-state index in [4.69, 9.17) is 9.47 Å². The fraction of sp³-hybridized carbons (Fsp3) is 0.333. The second kappa shape index (κ2) is 6.08. The van der Waals surface area contributed by atoms with Crippen molar-refractivity contribution in [3.63, 3.8) is 0 Å². The van der Waals surface area contributed by atoms with Crippen LogP contribution < -0.4 is 9.47 Å². The Kier molecular flexibility index (Phi) is 4.38. The number of alkyl halides is 1. The predicted molar refractivity (Wildman–Crippen MR) is 89.4 cm³/mol. The molecule has 2 nitrogen and oxygen atoms in total. The normalized spacial score (nSPS) is 19.4. The third-order valence-electron chi connectivity index (χ3n) is 3.15. The third kappa shape index (κ3) is 3.05. The highest BCUT2D eigenvalue weighted by Gasteiger charge is 2.19. The van der Waals surface area contributed by atoms with Crippen LogP contribution in [-0.2, 0) is 0 Å². The van der Waals surface area contributed by atoms with E-state index in [1.807, 2.05) is 6.07 Å². The number of rotatable bonds is 2. The zero-order valence-corrected chi connectivity index (χ0v) is 14.9. The van der Waals surface area contributed by atoms with Crippen LogP contribution in [0.1, 0.15) is 22.2 Å². The van der Waals surface area contributed by atoms with E-state index in [1.165, 1.54) is 10.4 Å². The molecule has 1 aliphatic heterocycles. The Labute approximate surface area is 139 Å². The maximum atomic E-state index is 5.84. The summed E-state index contributed by atoms with van der Waals surface area (Å²) in [6, 6.07) is 10.4. The molecule has 5 heteroatoms. The van der Waals surface area contributed by atoms with Crippen LogP contribution in [0.4, 0.5) is 0 Å². The van der Waals surface area contributed by atoms with E-state index >= 15 is 0 Å². The first-order chi connectivity index (χ1) is 9.63.